The number of anilines is 1. The van der Waals surface area contributed by atoms with Gasteiger partial charge in [0.1, 0.15) is 11.5 Å². The number of hydrogen-bond acceptors (Lipinski definition) is 4. The Labute approximate surface area is 148 Å². The normalized spacial score (nSPS) is 20.4. The third-order valence-corrected chi connectivity index (χ3v) is 4.68. The van der Waals surface area contributed by atoms with Crippen molar-refractivity contribution in [3.63, 3.8) is 0 Å². The molecule has 1 atom stereocenters. The standard InChI is InChI=1S/C20H24N2O3/c1-20(15-23)11-6-12-22(20)14-19(24)21-16-7-5-10-18(13-16)25-17-8-3-2-4-9-17/h2-5,7-10,13,23H,6,11-12,14-15H2,1H3,(H,21,24). The number of nitrogens with one attached hydrogen (secondary N) is 1. The second-order valence-corrected chi connectivity index (χ2v) is 6.67. The van der Waals surface area contributed by atoms with Gasteiger partial charge in [-0.3, -0.25) is 9.69 Å². The summed E-state index contributed by atoms with van der Waals surface area (Å²) in [5, 5.41) is 12.5. The predicted molar refractivity (Wildman–Crippen MR) is 97.9 cm³/mol. The Balaban J connectivity index is 1.61. The largest absolute Gasteiger partial charge is 0.457 e. The van der Waals surface area contributed by atoms with Gasteiger partial charge in [-0.2, -0.15) is 0 Å². The van der Waals surface area contributed by atoms with Gasteiger partial charge in [-0.25, -0.2) is 0 Å². The van der Waals surface area contributed by atoms with Gasteiger partial charge in [-0.15, -0.1) is 0 Å². The van der Waals surface area contributed by atoms with Crippen molar-refractivity contribution in [3.8, 4) is 11.5 Å². The van der Waals surface area contributed by atoms with Crippen LogP contribution in [0.4, 0.5) is 5.69 Å². The summed E-state index contributed by atoms with van der Waals surface area (Å²) in [6.45, 7) is 3.19. The Morgan fingerprint density at radius 2 is 1.96 bits per heavy atom. The van der Waals surface area contributed by atoms with Crippen LogP contribution in [0.5, 0.6) is 11.5 Å². The van der Waals surface area contributed by atoms with Crippen LogP contribution in [0.15, 0.2) is 54.6 Å². The molecule has 0 spiro atoms. The van der Waals surface area contributed by atoms with Crippen LogP contribution in [0.3, 0.4) is 0 Å². The molecule has 2 aromatic carbocycles. The first-order valence-electron chi connectivity index (χ1n) is 8.58. The van der Waals surface area contributed by atoms with E-state index in [0.717, 1.165) is 25.1 Å². The lowest BCUT2D eigenvalue weighted by atomic mass is 10.0. The van der Waals surface area contributed by atoms with Crippen molar-refractivity contribution in [2.24, 2.45) is 0 Å². The first kappa shape index (κ1) is 17.5. The fourth-order valence-corrected chi connectivity index (χ4v) is 3.16. The van der Waals surface area contributed by atoms with E-state index in [1.165, 1.54) is 0 Å². The van der Waals surface area contributed by atoms with Gasteiger partial charge in [0.15, 0.2) is 0 Å². The number of rotatable bonds is 6. The summed E-state index contributed by atoms with van der Waals surface area (Å²) in [5.74, 6) is 1.34. The van der Waals surface area contributed by atoms with E-state index in [4.69, 9.17) is 4.74 Å². The van der Waals surface area contributed by atoms with E-state index in [0.29, 0.717) is 11.4 Å². The highest BCUT2D eigenvalue weighted by Crippen LogP contribution is 2.28. The molecule has 1 fully saturated rings. The summed E-state index contributed by atoms with van der Waals surface area (Å²) in [7, 11) is 0. The van der Waals surface area contributed by atoms with Crippen molar-refractivity contribution in [1.82, 2.24) is 4.90 Å². The molecular weight excluding hydrogens is 316 g/mol. The van der Waals surface area contributed by atoms with Crippen molar-refractivity contribution in [3.05, 3.63) is 54.6 Å². The zero-order chi connectivity index (χ0) is 17.7. The smallest absolute Gasteiger partial charge is 0.238 e. The van der Waals surface area contributed by atoms with Gasteiger partial charge < -0.3 is 15.2 Å². The molecule has 0 aromatic heterocycles. The van der Waals surface area contributed by atoms with Gasteiger partial charge in [0.2, 0.25) is 5.91 Å². The van der Waals surface area contributed by atoms with E-state index in [1.54, 1.807) is 6.07 Å². The van der Waals surface area contributed by atoms with Crippen LogP contribution in [0.2, 0.25) is 0 Å². The predicted octanol–water partition coefficient (Wildman–Crippen LogP) is 3.26. The third kappa shape index (κ3) is 4.38. The molecule has 132 valence electrons. The summed E-state index contributed by atoms with van der Waals surface area (Å²) in [4.78, 5) is 14.4. The number of likely N-dealkylation sites (tertiary alicyclic amines) is 1. The molecule has 0 saturated carbocycles. The van der Waals surface area contributed by atoms with Crippen molar-refractivity contribution in [2.45, 2.75) is 25.3 Å². The number of hydrogen-bond donors (Lipinski definition) is 2. The highest BCUT2D eigenvalue weighted by Gasteiger charge is 2.36. The van der Waals surface area contributed by atoms with E-state index in [2.05, 4.69) is 5.32 Å². The van der Waals surface area contributed by atoms with E-state index in [9.17, 15) is 9.90 Å². The number of ether oxygens (including phenoxy) is 1. The van der Waals surface area contributed by atoms with Crippen LogP contribution < -0.4 is 10.1 Å². The van der Waals surface area contributed by atoms with E-state index in [-0.39, 0.29) is 24.6 Å². The summed E-state index contributed by atoms with van der Waals surface area (Å²) in [6, 6.07) is 16.9. The molecule has 1 heterocycles. The number of benzene rings is 2. The fourth-order valence-electron chi connectivity index (χ4n) is 3.16. The van der Waals surface area contributed by atoms with E-state index < -0.39 is 0 Å². The number of carbonyl (C=O) groups is 1. The molecule has 5 nitrogen and oxygen atoms in total. The molecule has 3 rings (SSSR count). The Hall–Kier alpha value is -2.37. The van der Waals surface area contributed by atoms with Gasteiger partial charge in [0.05, 0.1) is 13.2 Å². The van der Waals surface area contributed by atoms with Gasteiger partial charge in [0.25, 0.3) is 0 Å². The first-order valence-corrected chi connectivity index (χ1v) is 8.58. The quantitative estimate of drug-likeness (QED) is 0.847. The monoisotopic (exact) mass is 340 g/mol. The fraction of sp³-hybridized carbons (Fsp3) is 0.350. The average molecular weight is 340 g/mol. The molecule has 0 aliphatic carbocycles. The van der Waals surface area contributed by atoms with Gasteiger partial charge in [-0.1, -0.05) is 24.3 Å². The lowest BCUT2D eigenvalue weighted by Crippen LogP contribution is -2.47. The number of aliphatic hydroxyl groups excluding tert-OH is 1. The Morgan fingerprint density at radius 1 is 1.20 bits per heavy atom. The highest BCUT2D eigenvalue weighted by atomic mass is 16.5. The summed E-state index contributed by atoms with van der Waals surface area (Å²) < 4.78 is 5.79. The number of carbonyl (C=O) groups excluding carboxylic acids is 1. The molecule has 2 aromatic rings. The molecular formula is C20H24N2O3. The minimum absolute atomic E-state index is 0.0701. The number of amides is 1. The van der Waals surface area contributed by atoms with Crippen molar-refractivity contribution in [2.75, 3.05) is 25.0 Å². The maximum absolute atomic E-state index is 12.4. The molecule has 5 heteroatoms. The van der Waals surface area contributed by atoms with Gasteiger partial charge in [-0.05, 0) is 50.6 Å². The Morgan fingerprint density at radius 3 is 2.72 bits per heavy atom. The summed E-state index contributed by atoms with van der Waals surface area (Å²) in [5.41, 5.74) is 0.402. The van der Waals surface area contributed by atoms with Gasteiger partial charge in [0, 0.05) is 17.3 Å². The second-order valence-electron chi connectivity index (χ2n) is 6.67. The maximum atomic E-state index is 12.4. The molecule has 1 aliphatic rings. The topological polar surface area (TPSA) is 61.8 Å². The summed E-state index contributed by atoms with van der Waals surface area (Å²) in [6.07, 6.45) is 1.92. The Kier molecular flexibility index (Phi) is 5.36. The minimum Gasteiger partial charge on any atom is -0.457 e. The third-order valence-electron chi connectivity index (χ3n) is 4.68. The van der Waals surface area contributed by atoms with Crippen LogP contribution >= 0.6 is 0 Å². The maximum Gasteiger partial charge on any atom is 0.238 e. The summed E-state index contributed by atoms with van der Waals surface area (Å²) >= 11 is 0. The molecule has 1 saturated heterocycles. The Bertz CT molecular complexity index is 720. The molecule has 0 radical (unpaired) electrons. The van der Waals surface area contributed by atoms with Crippen molar-refractivity contribution < 1.29 is 14.6 Å². The van der Waals surface area contributed by atoms with Crippen LogP contribution in [-0.2, 0) is 4.79 Å². The first-order chi connectivity index (χ1) is 12.1. The lowest BCUT2D eigenvalue weighted by molar-refractivity contribution is -0.118. The SMILES string of the molecule is CC1(CO)CCCN1CC(=O)Nc1cccc(Oc2ccccc2)c1. The molecule has 1 amide bonds. The molecule has 2 N–H and O–H groups in total. The van der Waals surface area contributed by atoms with Crippen molar-refractivity contribution >= 4 is 11.6 Å². The van der Waals surface area contributed by atoms with Crippen LogP contribution in [0.1, 0.15) is 19.8 Å². The molecule has 25 heavy (non-hydrogen) atoms. The second kappa shape index (κ2) is 7.68. The number of nitrogens with zero attached hydrogens (tertiary/aromatic N) is 1. The van der Waals surface area contributed by atoms with Crippen LogP contribution in [-0.4, -0.2) is 41.1 Å². The van der Waals surface area contributed by atoms with Crippen molar-refractivity contribution in [1.29, 1.82) is 0 Å². The molecule has 0 bridgehead atoms. The minimum atomic E-state index is -0.296. The van der Waals surface area contributed by atoms with E-state index >= 15 is 0 Å². The van der Waals surface area contributed by atoms with E-state index in [1.807, 2.05) is 60.4 Å². The zero-order valence-corrected chi connectivity index (χ0v) is 14.4. The average Bonchev–Trinajstić information content (AvgIpc) is 2.97. The lowest BCUT2D eigenvalue weighted by Gasteiger charge is -2.32. The molecule has 1 unspecified atom stereocenters. The molecule has 1 aliphatic heterocycles. The van der Waals surface area contributed by atoms with Crippen LogP contribution in [0.25, 0.3) is 0 Å². The highest BCUT2D eigenvalue weighted by molar-refractivity contribution is 5.92. The zero-order valence-electron chi connectivity index (χ0n) is 14.4. The van der Waals surface area contributed by atoms with Crippen LogP contribution in [0, 0.1) is 0 Å². The number of para-hydroxylation sites is 1. The number of aliphatic hydroxyl groups is 1. The van der Waals surface area contributed by atoms with Gasteiger partial charge >= 0.3 is 0 Å².